The molecule has 1 amide bonds. The van der Waals surface area contributed by atoms with Crippen molar-refractivity contribution in [3.05, 3.63) is 86.4 Å². The van der Waals surface area contributed by atoms with Crippen molar-refractivity contribution in [2.24, 2.45) is 0 Å². The first-order valence-corrected chi connectivity index (χ1v) is 8.76. The number of nitro benzene ring substituents is 1. The number of hydrogen-bond acceptors (Lipinski definition) is 4. The molecule has 3 aromatic rings. The number of hydrogen-bond donors (Lipinski definition) is 1. The Kier molecular flexibility index (Phi) is 5.60. The van der Waals surface area contributed by atoms with Crippen LogP contribution in [0.4, 0.5) is 10.1 Å². The molecule has 0 radical (unpaired) electrons. The first kappa shape index (κ1) is 18.7. The molecular weight excluding hydrogens is 419 g/mol. The van der Waals surface area contributed by atoms with Gasteiger partial charge in [0.15, 0.2) is 5.69 Å². The van der Waals surface area contributed by atoms with Gasteiger partial charge in [-0.05, 0) is 52.2 Å². The van der Waals surface area contributed by atoms with Gasteiger partial charge in [-0.2, -0.15) is 5.10 Å². The number of non-ortho nitro benzene ring substituents is 1. The lowest BCUT2D eigenvalue weighted by atomic mass is 10.1. The van der Waals surface area contributed by atoms with Gasteiger partial charge in [-0.25, -0.2) is 9.07 Å². The average Bonchev–Trinajstić information content (AvgIpc) is 3.15. The second-order valence-electron chi connectivity index (χ2n) is 5.68. The zero-order chi connectivity index (χ0) is 19.4. The second kappa shape index (κ2) is 8.09. The van der Waals surface area contributed by atoms with Crippen molar-refractivity contribution in [3.8, 4) is 5.69 Å². The van der Waals surface area contributed by atoms with E-state index >= 15 is 0 Å². The van der Waals surface area contributed by atoms with Crippen molar-refractivity contribution >= 4 is 27.5 Å². The summed E-state index contributed by atoms with van der Waals surface area (Å²) in [5.74, 6) is -0.699. The van der Waals surface area contributed by atoms with Gasteiger partial charge < -0.3 is 5.32 Å². The highest BCUT2D eigenvalue weighted by atomic mass is 79.9. The third-order valence-corrected chi connectivity index (χ3v) is 4.42. The quantitative estimate of drug-likeness (QED) is 0.475. The number of nitrogens with one attached hydrogen (secondary N) is 1. The van der Waals surface area contributed by atoms with E-state index in [1.54, 1.807) is 30.5 Å². The van der Waals surface area contributed by atoms with Crippen molar-refractivity contribution < 1.29 is 14.1 Å². The molecule has 0 saturated heterocycles. The number of carbonyl (C=O) groups excluding carboxylic acids is 1. The van der Waals surface area contributed by atoms with Crippen LogP contribution in [-0.2, 0) is 6.42 Å². The highest BCUT2D eigenvalue weighted by Gasteiger charge is 2.12. The molecule has 7 nitrogen and oxygen atoms in total. The average molecular weight is 433 g/mol. The summed E-state index contributed by atoms with van der Waals surface area (Å²) in [5, 5.41) is 17.8. The number of rotatable bonds is 6. The minimum absolute atomic E-state index is 0.0561. The smallest absolute Gasteiger partial charge is 0.271 e. The van der Waals surface area contributed by atoms with Crippen LogP contribution in [0.25, 0.3) is 5.69 Å². The SMILES string of the molecule is O=C(NCCc1ccc(F)c(Br)c1)c1ccn(-c2cccc([N+](=O)[O-])c2)n1. The summed E-state index contributed by atoms with van der Waals surface area (Å²) in [6.45, 7) is 0.362. The third-order valence-electron chi connectivity index (χ3n) is 3.81. The molecule has 138 valence electrons. The van der Waals surface area contributed by atoms with Crippen molar-refractivity contribution in [1.82, 2.24) is 15.1 Å². The molecule has 1 aromatic heterocycles. The van der Waals surface area contributed by atoms with Crippen molar-refractivity contribution in [2.45, 2.75) is 6.42 Å². The van der Waals surface area contributed by atoms with E-state index in [0.717, 1.165) is 5.56 Å². The fourth-order valence-corrected chi connectivity index (χ4v) is 2.87. The third kappa shape index (κ3) is 4.56. The van der Waals surface area contributed by atoms with Crippen molar-refractivity contribution in [1.29, 1.82) is 0 Å². The summed E-state index contributed by atoms with van der Waals surface area (Å²) in [7, 11) is 0. The molecule has 0 unspecified atom stereocenters. The van der Waals surface area contributed by atoms with Crippen LogP contribution in [-0.4, -0.2) is 27.2 Å². The Balaban J connectivity index is 1.62. The first-order chi connectivity index (χ1) is 12.9. The number of carbonyl (C=O) groups is 1. The van der Waals surface area contributed by atoms with Crippen LogP contribution in [0.1, 0.15) is 16.1 Å². The topological polar surface area (TPSA) is 90.1 Å². The highest BCUT2D eigenvalue weighted by Crippen LogP contribution is 2.17. The van der Waals surface area contributed by atoms with E-state index in [2.05, 4.69) is 26.3 Å². The maximum absolute atomic E-state index is 13.2. The van der Waals surface area contributed by atoms with Gasteiger partial charge in [0.25, 0.3) is 11.6 Å². The Bertz CT molecular complexity index is 1010. The van der Waals surface area contributed by atoms with Crippen molar-refractivity contribution in [3.63, 3.8) is 0 Å². The Hall–Kier alpha value is -3.07. The molecule has 0 spiro atoms. The van der Waals surface area contributed by atoms with Crippen LogP contribution < -0.4 is 5.32 Å². The number of nitrogens with zero attached hydrogens (tertiary/aromatic N) is 3. The Morgan fingerprint density at radius 2 is 2.07 bits per heavy atom. The monoisotopic (exact) mass is 432 g/mol. The summed E-state index contributed by atoms with van der Waals surface area (Å²) in [6, 6.07) is 12.2. The Morgan fingerprint density at radius 3 is 2.81 bits per heavy atom. The van der Waals surface area contributed by atoms with Crippen LogP contribution in [0.3, 0.4) is 0 Å². The molecule has 0 aliphatic rings. The Morgan fingerprint density at radius 1 is 1.26 bits per heavy atom. The number of aromatic nitrogens is 2. The van der Waals surface area contributed by atoms with Gasteiger partial charge in [-0.15, -0.1) is 0 Å². The molecule has 1 heterocycles. The van der Waals surface area contributed by atoms with Gasteiger partial charge in [-0.1, -0.05) is 12.1 Å². The molecule has 3 rings (SSSR count). The lowest BCUT2D eigenvalue weighted by Gasteiger charge is -2.05. The van der Waals surface area contributed by atoms with E-state index < -0.39 is 4.92 Å². The summed E-state index contributed by atoms with van der Waals surface area (Å²) in [4.78, 5) is 22.6. The van der Waals surface area contributed by atoms with Crippen LogP contribution in [0, 0.1) is 15.9 Å². The molecule has 2 aromatic carbocycles. The van der Waals surface area contributed by atoms with Crippen LogP contribution in [0.15, 0.2) is 59.2 Å². The molecule has 0 atom stereocenters. The van der Waals surface area contributed by atoms with E-state index in [1.807, 2.05) is 0 Å². The highest BCUT2D eigenvalue weighted by molar-refractivity contribution is 9.10. The van der Waals surface area contributed by atoms with E-state index in [0.29, 0.717) is 23.1 Å². The summed E-state index contributed by atoms with van der Waals surface area (Å²) < 4.78 is 15.0. The van der Waals surface area contributed by atoms with E-state index in [1.165, 1.54) is 28.9 Å². The lowest BCUT2D eigenvalue weighted by Crippen LogP contribution is -2.26. The normalized spacial score (nSPS) is 10.6. The molecule has 0 aliphatic heterocycles. The van der Waals surface area contributed by atoms with Gasteiger partial charge in [0, 0.05) is 24.9 Å². The molecule has 0 bridgehead atoms. The maximum Gasteiger partial charge on any atom is 0.271 e. The zero-order valence-corrected chi connectivity index (χ0v) is 15.5. The number of nitro groups is 1. The van der Waals surface area contributed by atoms with Gasteiger partial charge in [0.1, 0.15) is 5.82 Å². The first-order valence-electron chi connectivity index (χ1n) is 7.96. The van der Waals surface area contributed by atoms with E-state index in [4.69, 9.17) is 0 Å². The number of benzene rings is 2. The van der Waals surface area contributed by atoms with Crippen LogP contribution in [0.2, 0.25) is 0 Å². The minimum atomic E-state index is -0.492. The minimum Gasteiger partial charge on any atom is -0.350 e. The molecule has 0 saturated carbocycles. The summed E-state index contributed by atoms with van der Waals surface area (Å²) in [6.07, 6.45) is 2.10. The second-order valence-corrected chi connectivity index (χ2v) is 6.53. The van der Waals surface area contributed by atoms with Gasteiger partial charge in [0.05, 0.1) is 15.1 Å². The predicted octanol–water partition coefficient (Wildman–Crippen LogP) is 3.65. The summed E-state index contributed by atoms with van der Waals surface area (Å²) in [5.41, 5.74) is 1.51. The number of halogens is 2. The van der Waals surface area contributed by atoms with Crippen molar-refractivity contribution in [2.75, 3.05) is 6.54 Å². The van der Waals surface area contributed by atoms with Crippen LogP contribution in [0.5, 0.6) is 0 Å². The molecule has 0 aliphatic carbocycles. The largest absolute Gasteiger partial charge is 0.350 e. The fourth-order valence-electron chi connectivity index (χ4n) is 2.44. The van der Waals surface area contributed by atoms with E-state index in [-0.39, 0.29) is 23.1 Å². The molecule has 27 heavy (non-hydrogen) atoms. The predicted molar refractivity (Wildman–Crippen MR) is 100 cm³/mol. The zero-order valence-electron chi connectivity index (χ0n) is 13.9. The summed E-state index contributed by atoms with van der Waals surface area (Å²) >= 11 is 3.13. The number of amides is 1. The van der Waals surface area contributed by atoms with Gasteiger partial charge in [0.2, 0.25) is 0 Å². The Labute approximate surface area is 162 Å². The standard InChI is InChI=1S/C18H14BrFN4O3/c19-15-10-12(4-5-16(15)20)6-8-21-18(25)17-7-9-23(22-17)13-2-1-3-14(11-13)24(26)27/h1-5,7,9-11H,6,8H2,(H,21,25). The fraction of sp³-hybridized carbons (Fsp3) is 0.111. The van der Waals surface area contributed by atoms with E-state index in [9.17, 15) is 19.3 Å². The lowest BCUT2D eigenvalue weighted by molar-refractivity contribution is -0.384. The molecular formula is C18H14BrFN4O3. The molecule has 1 N–H and O–H groups in total. The van der Waals surface area contributed by atoms with Gasteiger partial charge >= 0.3 is 0 Å². The molecule has 0 fully saturated rings. The maximum atomic E-state index is 13.2. The van der Waals surface area contributed by atoms with Crippen LogP contribution >= 0.6 is 15.9 Å². The van der Waals surface area contributed by atoms with Gasteiger partial charge in [-0.3, -0.25) is 14.9 Å². The molecule has 9 heteroatoms.